The Hall–Kier alpha value is -2.44. The van der Waals surface area contributed by atoms with Crippen molar-refractivity contribution >= 4 is 23.0 Å². The number of allylic oxidation sites excluding steroid dienone is 1. The SMILES string of the molecule is COc1cccc(/C=C(\CCCC[NH3+])c2nc(-c3cccs3)no2)c1. The molecule has 0 spiro atoms. The van der Waals surface area contributed by atoms with Crippen LogP contribution in [0.3, 0.4) is 0 Å². The highest BCUT2D eigenvalue weighted by Gasteiger charge is 2.14. The molecule has 6 heteroatoms. The number of quaternary nitrogens is 1. The highest BCUT2D eigenvalue weighted by atomic mass is 32.1. The Morgan fingerprint density at radius 2 is 2.20 bits per heavy atom. The number of rotatable bonds is 8. The molecule has 0 fully saturated rings. The van der Waals surface area contributed by atoms with E-state index in [2.05, 4.69) is 22.0 Å². The first-order valence-corrected chi connectivity index (χ1v) is 9.20. The van der Waals surface area contributed by atoms with Crippen molar-refractivity contribution in [3.05, 3.63) is 53.2 Å². The fourth-order valence-corrected chi connectivity index (χ4v) is 3.17. The molecule has 0 atom stereocenters. The third-order valence-corrected chi connectivity index (χ3v) is 4.69. The second-order valence-corrected chi connectivity index (χ2v) is 6.60. The monoisotopic (exact) mass is 356 g/mol. The van der Waals surface area contributed by atoms with Gasteiger partial charge in [0.2, 0.25) is 5.82 Å². The van der Waals surface area contributed by atoms with Gasteiger partial charge in [-0.1, -0.05) is 23.4 Å². The van der Waals surface area contributed by atoms with Gasteiger partial charge in [-0.2, -0.15) is 4.98 Å². The van der Waals surface area contributed by atoms with Gasteiger partial charge >= 0.3 is 0 Å². The smallest absolute Gasteiger partial charge is 0.254 e. The molecule has 0 amide bonds. The van der Waals surface area contributed by atoms with E-state index >= 15 is 0 Å². The van der Waals surface area contributed by atoms with Crippen LogP contribution in [0.15, 0.2) is 46.3 Å². The fraction of sp³-hybridized carbons (Fsp3) is 0.263. The number of aromatic nitrogens is 2. The molecule has 2 heterocycles. The lowest BCUT2D eigenvalue weighted by Crippen LogP contribution is -2.50. The molecule has 2 aromatic heterocycles. The Morgan fingerprint density at radius 3 is 2.96 bits per heavy atom. The summed E-state index contributed by atoms with van der Waals surface area (Å²) in [7, 11) is 1.67. The Balaban J connectivity index is 1.89. The highest BCUT2D eigenvalue weighted by Crippen LogP contribution is 2.27. The molecule has 25 heavy (non-hydrogen) atoms. The van der Waals surface area contributed by atoms with E-state index < -0.39 is 0 Å². The summed E-state index contributed by atoms with van der Waals surface area (Å²) in [5, 5.41) is 6.14. The van der Waals surface area contributed by atoms with E-state index in [1.165, 1.54) is 0 Å². The molecule has 0 saturated carbocycles. The van der Waals surface area contributed by atoms with Crippen LogP contribution in [0.5, 0.6) is 5.75 Å². The van der Waals surface area contributed by atoms with Crippen LogP contribution in [-0.4, -0.2) is 23.8 Å². The van der Waals surface area contributed by atoms with Gasteiger partial charge < -0.3 is 15.0 Å². The lowest BCUT2D eigenvalue weighted by atomic mass is 10.0. The third-order valence-electron chi connectivity index (χ3n) is 3.82. The summed E-state index contributed by atoms with van der Waals surface area (Å²) in [5.41, 5.74) is 6.01. The number of thiophene rings is 1. The summed E-state index contributed by atoms with van der Waals surface area (Å²) in [4.78, 5) is 5.60. The quantitative estimate of drug-likeness (QED) is 0.624. The molecule has 0 unspecified atom stereocenters. The Bertz CT molecular complexity index is 825. The number of hydrogen-bond acceptors (Lipinski definition) is 5. The van der Waals surface area contributed by atoms with Gasteiger partial charge in [-0.05, 0) is 54.5 Å². The molecule has 130 valence electrons. The van der Waals surface area contributed by atoms with Crippen LogP contribution in [0.25, 0.3) is 22.4 Å². The highest BCUT2D eigenvalue weighted by molar-refractivity contribution is 7.13. The number of hydrogen-bond donors (Lipinski definition) is 1. The molecule has 3 rings (SSSR count). The molecule has 5 nitrogen and oxygen atoms in total. The zero-order valence-corrected chi connectivity index (χ0v) is 15.1. The van der Waals surface area contributed by atoms with Gasteiger partial charge in [0.25, 0.3) is 5.89 Å². The van der Waals surface area contributed by atoms with Crippen molar-refractivity contribution < 1.29 is 15.0 Å². The van der Waals surface area contributed by atoms with E-state index in [1.807, 2.05) is 41.8 Å². The zero-order valence-electron chi connectivity index (χ0n) is 14.3. The van der Waals surface area contributed by atoms with E-state index in [4.69, 9.17) is 9.26 Å². The first-order chi connectivity index (χ1) is 12.3. The van der Waals surface area contributed by atoms with E-state index in [-0.39, 0.29) is 0 Å². The van der Waals surface area contributed by atoms with Crippen molar-refractivity contribution in [2.75, 3.05) is 13.7 Å². The summed E-state index contributed by atoms with van der Waals surface area (Å²) in [6, 6.07) is 11.9. The molecule has 3 N–H and O–H groups in total. The molecular weight excluding hydrogens is 334 g/mol. The third kappa shape index (κ3) is 4.55. The van der Waals surface area contributed by atoms with Crippen LogP contribution in [0, 0.1) is 0 Å². The number of ether oxygens (including phenoxy) is 1. The van der Waals surface area contributed by atoms with E-state index in [9.17, 15) is 0 Å². The summed E-state index contributed by atoms with van der Waals surface area (Å²) in [5.74, 6) is 2.05. The molecule has 1 aromatic carbocycles. The first-order valence-electron chi connectivity index (χ1n) is 8.32. The second-order valence-electron chi connectivity index (χ2n) is 5.66. The van der Waals surface area contributed by atoms with E-state index in [0.717, 1.165) is 47.6 Å². The minimum atomic E-state index is 0.579. The Labute approximate surface area is 151 Å². The number of benzene rings is 1. The van der Waals surface area contributed by atoms with Crippen LogP contribution < -0.4 is 10.5 Å². The van der Waals surface area contributed by atoms with Gasteiger partial charge in [-0.25, -0.2) is 0 Å². The van der Waals surface area contributed by atoms with E-state index in [1.54, 1.807) is 18.4 Å². The summed E-state index contributed by atoms with van der Waals surface area (Å²) in [6.45, 7) is 0.927. The largest absolute Gasteiger partial charge is 0.497 e. The molecule has 0 saturated heterocycles. The summed E-state index contributed by atoms with van der Waals surface area (Å²) < 4.78 is 10.8. The molecule has 3 aromatic rings. The van der Waals surface area contributed by atoms with Crippen molar-refractivity contribution in [3.8, 4) is 16.5 Å². The molecule has 0 aliphatic rings. The fourth-order valence-electron chi connectivity index (χ4n) is 2.53. The molecule has 0 bridgehead atoms. The average molecular weight is 356 g/mol. The lowest BCUT2D eigenvalue weighted by molar-refractivity contribution is -0.368. The molecular formula is C19H22N3O2S+. The summed E-state index contributed by atoms with van der Waals surface area (Å²) >= 11 is 1.60. The van der Waals surface area contributed by atoms with Gasteiger partial charge in [0.15, 0.2) is 0 Å². The average Bonchev–Trinajstić information content (AvgIpc) is 3.32. The van der Waals surface area contributed by atoms with Gasteiger partial charge in [0.1, 0.15) is 5.75 Å². The standard InChI is InChI=1S/C19H21N3O2S/c1-23-16-8-4-6-14(13-16)12-15(7-2-3-10-20)19-21-18(22-24-19)17-9-5-11-25-17/h4-6,8-9,11-13H,2-3,7,10,20H2,1H3/p+1/b15-12+. The van der Waals surface area contributed by atoms with Crippen LogP contribution in [0.2, 0.25) is 0 Å². The maximum absolute atomic E-state index is 5.54. The number of nitrogens with zero attached hydrogens (tertiary/aromatic N) is 2. The van der Waals surface area contributed by atoms with Crippen molar-refractivity contribution in [2.45, 2.75) is 19.3 Å². The number of unbranched alkanes of at least 4 members (excludes halogenated alkanes) is 1. The minimum Gasteiger partial charge on any atom is -0.497 e. The maximum Gasteiger partial charge on any atom is 0.254 e. The first kappa shape index (κ1) is 17.4. The van der Waals surface area contributed by atoms with Gasteiger partial charge in [0, 0.05) is 5.57 Å². The maximum atomic E-state index is 5.54. The predicted molar refractivity (Wildman–Crippen MR) is 100 cm³/mol. The van der Waals surface area contributed by atoms with Crippen LogP contribution >= 0.6 is 11.3 Å². The minimum absolute atomic E-state index is 0.579. The zero-order chi connectivity index (χ0) is 17.5. The molecule has 0 radical (unpaired) electrons. The van der Waals surface area contributed by atoms with Gasteiger partial charge in [0.05, 0.1) is 18.5 Å². The number of methoxy groups -OCH3 is 1. The van der Waals surface area contributed by atoms with Crippen molar-refractivity contribution in [1.82, 2.24) is 10.1 Å². The Morgan fingerprint density at radius 1 is 1.28 bits per heavy atom. The van der Waals surface area contributed by atoms with Crippen LogP contribution in [-0.2, 0) is 0 Å². The summed E-state index contributed by atoms with van der Waals surface area (Å²) in [6.07, 6.45) is 5.08. The van der Waals surface area contributed by atoms with Crippen molar-refractivity contribution in [2.24, 2.45) is 0 Å². The Kier molecular flexibility index (Phi) is 5.98. The van der Waals surface area contributed by atoms with Gasteiger partial charge in [-0.15, -0.1) is 11.3 Å². The second kappa shape index (κ2) is 8.60. The topological polar surface area (TPSA) is 75.8 Å². The molecule has 0 aliphatic carbocycles. The van der Waals surface area contributed by atoms with Crippen LogP contribution in [0.4, 0.5) is 0 Å². The predicted octanol–water partition coefficient (Wildman–Crippen LogP) is 3.76. The van der Waals surface area contributed by atoms with Crippen LogP contribution in [0.1, 0.15) is 30.7 Å². The van der Waals surface area contributed by atoms with Gasteiger partial charge in [-0.3, -0.25) is 0 Å². The van der Waals surface area contributed by atoms with E-state index in [0.29, 0.717) is 11.7 Å². The lowest BCUT2D eigenvalue weighted by Gasteiger charge is -2.04. The normalized spacial score (nSPS) is 11.7. The molecule has 0 aliphatic heterocycles. The van der Waals surface area contributed by atoms with Crippen molar-refractivity contribution in [3.63, 3.8) is 0 Å². The van der Waals surface area contributed by atoms with Crippen molar-refractivity contribution in [1.29, 1.82) is 0 Å².